The van der Waals surface area contributed by atoms with Gasteiger partial charge in [0.25, 0.3) is 0 Å². The second-order valence-electron chi connectivity index (χ2n) is 4.85. The third-order valence-corrected chi connectivity index (χ3v) is 3.23. The molecule has 0 radical (unpaired) electrons. The van der Waals surface area contributed by atoms with Crippen molar-refractivity contribution in [3.63, 3.8) is 0 Å². The molecule has 104 valence electrons. The number of aromatic nitrogens is 3. The molecule has 0 aromatic carbocycles. The number of carboxylic acid groups (broad SMARTS) is 1. The summed E-state index contributed by atoms with van der Waals surface area (Å²) in [6.07, 6.45) is 3.85. The maximum Gasteiger partial charge on any atom is 0.315 e. The van der Waals surface area contributed by atoms with Gasteiger partial charge in [0.2, 0.25) is 0 Å². The van der Waals surface area contributed by atoms with Crippen LogP contribution in [0.3, 0.4) is 0 Å². The largest absolute Gasteiger partial charge is 0.481 e. The molecule has 0 spiro atoms. The number of amides is 2. The van der Waals surface area contributed by atoms with E-state index < -0.39 is 11.5 Å². The van der Waals surface area contributed by atoms with E-state index in [-0.39, 0.29) is 19.0 Å². The third-order valence-electron chi connectivity index (χ3n) is 3.23. The highest BCUT2D eigenvalue weighted by Crippen LogP contribution is 2.34. The van der Waals surface area contributed by atoms with Crippen molar-refractivity contribution in [2.24, 2.45) is 7.05 Å². The first-order valence-electron chi connectivity index (χ1n) is 6.11. The summed E-state index contributed by atoms with van der Waals surface area (Å²) >= 11 is 0. The van der Waals surface area contributed by atoms with Gasteiger partial charge in [-0.3, -0.25) is 9.48 Å². The minimum absolute atomic E-state index is 0.0394. The van der Waals surface area contributed by atoms with E-state index in [0.717, 1.165) is 6.42 Å². The standard InChI is InChI=1S/C11H17N5O3/c1-16-7-13-8(15-16)6-12-10(19)14-11(3-2-4-11)5-9(17)18/h7H,2-6H2,1H3,(H,17,18)(H2,12,14,19). The SMILES string of the molecule is Cn1cnc(CNC(=O)NC2(CC(=O)O)CCC2)n1. The monoisotopic (exact) mass is 267 g/mol. The zero-order valence-corrected chi connectivity index (χ0v) is 10.7. The van der Waals surface area contributed by atoms with Crippen molar-refractivity contribution < 1.29 is 14.7 Å². The molecule has 19 heavy (non-hydrogen) atoms. The number of aryl methyl sites for hydroxylation is 1. The number of carboxylic acids is 1. The van der Waals surface area contributed by atoms with Crippen LogP contribution in [0.15, 0.2) is 6.33 Å². The minimum atomic E-state index is -0.897. The summed E-state index contributed by atoms with van der Waals surface area (Å²) in [7, 11) is 1.74. The Morgan fingerprint density at radius 3 is 2.74 bits per heavy atom. The Balaban J connectivity index is 1.81. The number of hydrogen-bond acceptors (Lipinski definition) is 4. The quantitative estimate of drug-likeness (QED) is 0.696. The number of nitrogens with one attached hydrogen (secondary N) is 2. The first-order valence-corrected chi connectivity index (χ1v) is 6.11. The third kappa shape index (κ3) is 3.43. The molecule has 1 fully saturated rings. The average Bonchev–Trinajstić information content (AvgIpc) is 2.69. The summed E-state index contributed by atoms with van der Waals surface area (Å²) in [6, 6.07) is -0.381. The fourth-order valence-electron chi connectivity index (χ4n) is 2.15. The Kier molecular flexibility index (Phi) is 3.68. The number of carbonyl (C=O) groups is 2. The second-order valence-corrected chi connectivity index (χ2v) is 4.85. The lowest BCUT2D eigenvalue weighted by Gasteiger charge is -2.41. The average molecular weight is 267 g/mol. The zero-order valence-electron chi connectivity index (χ0n) is 10.7. The Morgan fingerprint density at radius 2 is 2.26 bits per heavy atom. The summed E-state index contributed by atoms with van der Waals surface area (Å²) in [5.41, 5.74) is -0.590. The lowest BCUT2D eigenvalue weighted by molar-refractivity contribution is -0.139. The van der Waals surface area contributed by atoms with Crippen LogP contribution >= 0.6 is 0 Å². The number of hydrogen-bond donors (Lipinski definition) is 3. The van der Waals surface area contributed by atoms with E-state index in [2.05, 4.69) is 20.7 Å². The van der Waals surface area contributed by atoms with Crippen molar-refractivity contribution in [1.29, 1.82) is 0 Å². The van der Waals surface area contributed by atoms with E-state index in [0.29, 0.717) is 18.7 Å². The van der Waals surface area contributed by atoms with Crippen LogP contribution in [0.5, 0.6) is 0 Å². The van der Waals surface area contributed by atoms with Crippen LogP contribution in [0.2, 0.25) is 0 Å². The maximum atomic E-state index is 11.7. The van der Waals surface area contributed by atoms with Gasteiger partial charge in [-0.05, 0) is 19.3 Å². The summed E-state index contributed by atoms with van der Waals surface area (Å²) < 4.78 is 1.55. The molecule has 8 nitrogen and oxygen atoms in total. The normalized spacial score (nSPS) is 16.5. The number of urea groups is 1. The Hall–Kier alpha value is -2.12. The van der Waals surface area contributed by atoms with Gasteiger partial charge in [0.1, 0.15) is 6.33 Å². The topological polar surface area (TPSA) is 109 Å². The lowest BCUT2D eigenvalue weighted by atomic mass is 9.74. The van der Waals surface area contributed by atoms with E-state index in [1.54, 1.807) is 18.1 Å². The highest BCUT2D eigenvalue weighted by atomic mass is 16.4. The number of carbonyl (C=O) groups excluding carboxylic acids is 1. The minimum Gasteiger partial charge on any atom is -0.481 e. The van der Waals surface area contributed by atoms with Crippen molar-refractivity contribution >= 4 is 12.0 Å². The Morgan fingerprint density at radius 1 is 1.53 bits per heavy atom. The predicted octanol–water partition coefficient (Wildman–Crippen LogP) is 0.0117. The van der Waals surface area contributed by atoms with Gasteiger partial charge in [0.05, 0.1) is 18.5 Å². The molecule has 1 aliphatic rings. The fraction of sp³-hybridized carbons (Fsp3) is 0.636. The molecule has 1 heterocycles. The van der Waals surface area contributed by atoms with Crippen LogP contribution in [-0.4, -0.2) is 37.4 Å². The van der Waals surface area contributed by atoms with Gasteiger partial charge in [0.15, 0.2) is 5.82 Å². The van der Waals surface area contributed by atoms with Crippen molar-refractivity contribution in [3.05, 3.63) is 12.2 Å². The van der Waals surface area contributed by atoms with Crippen LogP contribution in [-0.2, 0) is 18.4 Å². The van der Waals surface area contributed by atoms with Crippen molar-refractivity contribution in [1.82, 2.24) is 25.4 Å². The van der Waals surface area contributed by atoms with E-state index in [9.17, 15) is 9.59 Å². The van der Waals surface area contributed by atoms with Gasteiger partial charge in [-0.25, -0.2) is 9.78 Å². The number of nitrogens with zero attached hydrogens (tertiary/aromatic N) is 3. The molecule has 2 rings (SSSR count). The molecule has 0 bridgehead atoms. The maximum absolute atomic E-state index is 11.7. The molecule has 0 atom stereocenters. The molecule has 1 aliphatic carbocycles. The zero-order chi connectivity index (χ0) is 13.9. The van der Waals surface area contributed by atoms with Gasteiger partial charge in [-0.15, -0.1) is 0 Å². The van der Waals surface area contributed by atoms with Crippen LogP contribution in [0.4, 0.5) is 4.79 Å². The smallest absolute Gasteiger partial charge is 0.315 e. The molecule has 2 amide bonds. The molecule has 8 heteroatoms. The van der Waals surface area contributed by atoms with Crippen LogP contribution < -0.4 is 10.6 Å². The highest BCUT2D eigenvalue weighted by molar-refractivity contribution is 5.77. The molecule has 3 N–H and O–H groups in total. The Labute approximate surface area is 110 Å². The van der Waals surface area contributed by atoms with E-state index in [1.807, 2.05) is 0 Å². The molecule has 1 aromatic heterocycles. The van der Waals surface area contributed by atoms with E-state index >= 15 is 0 Å². The summed E-state index contributed by atoms with van der Waals surface area (Å²) in [5, 5.41) is 18.2. The predicted molar refractivity (Wildman–Crippen MR) is 65.2 cm³/mol. The van der Waals surface area contributed by atoms with Gasteiger partial charge in [-0.1, -0.05) is 0 Å². The molecule has 0 aliphatic heterocycles. The molecule has 0 unspecified atom stereocenters. The van der Waals surface area contributed by atoms with Gasteiger partial charge in [0, 0.05) is 7.05 Å². The lowest BCUT2D eigenvalue weighted by Crippen LogP contribution is -2.57. The molecular formula is C11H17N5O3. The molecule has 0 saturated heterocycles. The fourth-order valence-corrected chi connectivity index (χ4v) is 2.15. The van der Waals surface area contributed by atoms with Crippen LogP contribution in [0.25, 0.3) is 0 Å². The molecule has 1 aromatic rings. The summed E-state index contributed by atoms with van der Waals surface area (Å²) in [6.45, 7) is 0.218. The van der Waals surface area contributed by atoms with E-state index in [4.69, 9.17) is 5.11 Å². The first-order chi connectivity index (χ1) is 8.99. The van der Waals surface area contributed by atoms with Crippen molar-refractivity contribution in [2.75, 3.05) is 0 Å². The number of rotatable bonds is 5. The first kappa shape index (κ1) is 13.3. The van der Waals surface area contributed by atoms with Gasteiger partial charge >= 0.3 is 12.0 Å². The van der Waals surface area contributed by atoms with Gasteiger partial charge < -0.3 is 15.7 Å². The van der Waals surface area contributed by atoms with Crippen molar-refractivity contribution in [3.8, 4) is 0 Å². The molecular weight excluding hydrogens is 250 g/mol. The van der Waals surface area contributed by atoms with Crippen molar-refractivity contribution in [2.45, 2.75) is 37.8 Å². The van der Waals surface area contributed by atoms with E-state index in [1.165, 1.54) is 0 Å². The summed E-state index contributed by atoms with van der Waals surface area (Å²) in [4.78, 5) is 26.5. The molecule has 1 saturated carbocycles. The van der Waals surface area contributed by atoms with Crippen LogP contribution in [0, 0.1) is 0 Å². The highest BCUT2D eigenvalue weighted by Gasteiger charge is 2.40. The second kappa shape index (κ2) is 5.25. The Bertz CT molecular complexity index is 480. The van der Waals surface area contributed by atoms with Crippen LogP contribution in [0.1, 0.15) is 31.5 Å². The summed E-state index contributed by atoms with van der Waals surface area (Å²) in [5.74, 6) is -0.384. The number of aliphatic carboxylic acids is 1. The van der Waals surface area contributed by atoms with Gasteiger partial charge in [-0.2, -0.15) is 5.10 Å².